The molecule has 0 aliphatic carbocycles. The first kappa shape index (κ1) is 19.8. The van der Waals surface area contributed by atoms with E-state index >= 15 is 0 Å². The fraction of sp³-hybridized carbons (Fsp3) is 0.0476. The van der Waals surface area contributed by atoms with Crippen molar-refractivity contribution < 1.29 is 9.13 Å². The van der Waals surface area contributed by atoms with E-state index in [1.807, 2.05) is 42.5 Å². The van der Waals surface area contributed by atoms with Crippen molar-refractivity contribution >= 4 is 40.8 Å². The van der Waals surface area contributed by atoms with Crippen molar-refractivity contribution in [2.24, 2.45) is 5.10 Å². The molecule has 0 fully saturated rings. The lowest BCUT2D eigenvalue weighted by Crippen LogP contribution is -2.23. The average Bonchev–Trinajstić information content (AvgIpc) is 2.69. The number of halogens is 2. The van der Waals surface area contributed by atoms with Crippen LogP contribution in [-0.2, 0) is 6.61 Å². The van der Waals surface area contributed by atoms with Gasteiger partial charge in [0.15, 0.2) is 5.11 Å². The van der Waals surface area contributed by atoms with Crippen molar-refractivity contribution in [1.82, 2.24) is 5.43 Å². The molecule has 0 bridgehead atoms. The molecule has 0 saturated heterocycles. The van der Waals surface area contributed by atoms with Gasteiger partial charge in [-0.15, -0.1) is 0 Å². The maximum atomic E-state index is 13.8. The summed E-state index contributed by atoms with van der Waals surface area (Å²) in [7, 11) is 0. The number of nitrogens with one attached hydrogen (secondary N) is 2. The summed E-state index contributed by atoms with van der Waals surface area (Å²) in [6.07, 6.45) is 1.61. The Morgan fingerprint density at radius 3 is 2.64 bits per heavy atom. The molecular formula is C21H17ClFN3OS. The van der Waals surface area contributed by atoms with Crippen molar-refractivity contribution in [1.29, 1.82) is 0 Å². The molecular weight excluding hydrogens is 397 g/mol. The molecule has 0 radical (unpaired) electrons. The molecule has 0 heterocycles. The first-order chi connectivity index (χ1) is 13.6. The summed E-state index contributed by atoms with van der Waals surface area (Å²) in [5.74, 6) is 0.183. The largest absolute Gasteiger partial charge is 0.489 e. The van der Waals surface area contributed by atoms with Crippen LogP contribution in [0.2, 0.25) is 5.02 Å². The Bertz CT molecular complexity index is 962. The van der Waals surface area contributed by atoms with E-state index < -0.39 is 5.82 Å². The van der Waals surface area contributed by atoms with Crippen molar-refractivity contribution in [2.45, 2.75) is 6.61 Å². The molecule has 28 heavy (non-hydrogen) atoms. The van der Waals surface area contributed by atoms with Gasteiger partial charge in [0.2, 0.25) is 0 Å². The van der Waals surface area contributed by atoms with E-state index in [9.17, 15) is 4.39 Å². The second kappa shape index (κ2) is 9.82. The van der Waals surface area contributed by atoms with Gasteiger partial charge in [0.1, 0.15) is 18.2 Å². The molecule has 0 amide bonds. The highest BCUT2D eigenvalue weighted by molar-refractivity contribution is 7.80. The van der Waals surface area contributed by atoms with Gasteiger partial charge in [0.05, 0.1) is 11.2 Å². The van der Waals surface area contributed by atoms with Crippen LogP contribution in [0, 0.1) is 5.82 Å². The van der Waals surface area contributed by atoms with E-state index in [0.717, 1.165) is 11.3 Å². The van der Waals surface area contributed by atoms with Crippen molar-refractivity contribution in [3.05, 3.63) is 94.8 Å². The highest BCUT2D eigenvalue weighted by Crippen LogP contribution is 2.21. The van der Waals surface area contributed by atoms with Gasteiger partial charge >= 0.3 is 0 Å². The smallest absolute Gasteiger partial charge is 0.191 e. The Kier molecular flexibility index (Phi) is 6.94. The Morgan fingerprint density at radius 2 is 1.86 bits per heavy atom. The van der Waals surface area contributed by atoms with Crippen LogP contribution in [0.4, 0.5) is 10.1 Å². The summed E-state index contributed by atoms with van der Waals surface area (Å²) in [4.78, 5) is 0. The second-order valence-corrected chi connectivity index (χ2v) is 6.57. The normalized spacial score (nSPS) is 10.6. The quantitative estimate of drug-likeness (QED) is 0.323. The molecule has 2 N–H and O–H groups in total. The highest BCUT2D eigenvalue weighted by Gasteiger charge is 2.07. The second-order valence-electron chi connectivity index (χ2n) is 5.75. The first-order valence-electron chi connectivity index (χ1n) is 8.42. The fourth-order valence-electron chi connectivity index (χ4n) is 2.36. The van der Waals surface area contributed by atoms with Crippen LogP contribution in [0.3, 0.4) is 0 Å². The van der Waals surface area contributed by atoms with Crippen molar-refractivity contribution in [2.75, 3.05) is 5.32 Å². The van der Waals surface area contributed by atoms with Crippen LogP contribution >= 0.6 is 23.8 Å². The van der Waals surface area contributed by atoms with E-state index in [2.05, 4.69) is 15.8 Å². The van der Waals surface area contributed by atoms with Gasteiger partial charge in [-0.3, -0.25) is 5.43 Å². The van der Waals surface area contributed by atoms with Crippen LogP contribution in [0.25, 0.3) is 0 Å². The molecule has 3 rings (SSSR count). The Labute approximate surface area is 173 Å². The summed E-state index contributed by atoms with van der Waals surface area (Å²) in [5.41, 5.74) is 4.75. The zero-order valence-corrected chi connectivity index (χ0v) is 16.3. The van der Waals surface area contributed by atoms with E-state index in [1.54, 1.807) is 30.5 Å². The lowest BCUT2D eigenvalue weighted by atomic mass is 10.2. The monoisotopic (exact) mass is 413 g/mol. The number of ether oxygens (including phenoxy) is 1. The van der Waals surface area contributed by atoms with Crippen LogP contribution < -0.4 is 15.5 Å². The summed E-state index contributed by atoms with van der Waals surface area (Å²) >= 11 is 11.2. The number of para-hydroxylation sites is 1. The summed E-state index contributed by atoms with van der Waals surface area (Å²) < 4.78 is 19.5. The van der Waals surface area contributed by atoms with Crippen LogP contribution in [-0.4, -0.2) is 11.3 Å². The predicted octanol–water partition coefficient (Wildman–Crippen LogP) is 5.38. The Balaban J connectivity index is 1.55. The molecule has 3 aromatic carbocycles. The number of thiocarbonyl (C=S) groups is 1. The number of hydrogen-bond acceptors (Lipinski definition) is 3. The van der Waals surface area contributed by atoms with Crippen molar-refractivity contribution in [3.8, 4) is 5.75 Å². The Morgan fingerprint density at radius 1 is 1.07 bits per heavy atom. The first-order valence-corrected chi connectivity index (χ1v) is 9.21. The van der Waals surface area contributed by atoms with E-state index in [-0.39, 0.29) is 6.61 Å². The minimum Gasteiger partial charge on any atom is -0.489 e. The van der Waals surface area contributed by atoms with Gasteiger partial charge in [-0.05, 0) is 54.2 Å². The zero-order valence-electron chi connectivity index (χ0n) is 14.7. The van der Waals surface area contributed by atoms with Crippen LogP contribution in [0.5, 0.6) is 5.75 Å². The molecule has 0 saturated carbocycles. The fourth-order valence-corrected chi connectivity index (χ4v) is 2.74. The zero-order chi connectivity index (χ0) is 19.8. The molecule has 142 valence electrons. The maximum absolute atomic E-state index is 13.8. The number of nitrogens with zero attached hydrogens (tertiary/aromatic N) is 1. The van der Waals surface area contributed by atoms with Gasteiger partial charge in [-0.2, -0.15) is 5.10 Å². The van der Waals surface area contributed by atoms with Gasteiger partial charge in [-0.1, -0.05) is 48.0 Å². The number of hydrogen-bond donors (Lipinski definition) is 2. The molecule has 4 nitrogen and oxygen atoms in total. The predicted molar refractivity (Wildman–Crippen MR) is 116 cm³/mol. The lowest BCUT2D eigenvalue weighted by Gasteiger charge is -2.09. The molecule has 7 heteroatoms. The molecule has 0 spiro atoms. The topological polar surface area (TPSA) is 45.6 Å². The van der Waals surface area contributed by atoms with Gasteiger partial charge in [-0.25, -0.2) is 4.39 Å². The highest BCUT2D eigenvalue weighted by atomic mass is 35.5. The molecule has 0 aliphatic rings. The molecule has 0 aromatic heterocycles. The van der Waals surface area contributed by atoms with Crippen LogP contribution in [0.15, 0.2) is 77.9 Å². The minimum absolute atomic E-state index is 0.0371. The third kappa shape index (κ3) is 5.77. The van der Waals surface area contributed by atoms with Gasteiger partial charge in [0, 0.05) is 11.3 Å². The van der Waals surface area contributed by atoms with Gasteiger partial charge in [0.25, 0.3) is 0 Å². The van der Waals surface area contributed by atoms with Crippen LogP contribution in [0.1, 0.15) is 11.1 Å². The molecule has 0 atom stereocenters. The summed E-state index contributed by atoms with van der Waals surface area (Å²) in [6.45, 7) is 0.0371. The lowest BCUT2D eigenvalue weighted by molar-refractivity contribution is 0.300. The van der Waals surface area contributed by atoms with Gasteiger partial charge < -0.3 is 10.1 Å². The van der Waals surface area contributed by atoms with E-state index in [4.69, 9.17) is 28.6 Å². The maximum Gasteiger partial charge on any atom is 0.191 e. The standard InChI is InChI=1S/C21H17ClFN3OS/c22-19-10-5-11-20(23)18(19)14-27-17-9-4-6-15(12-17)13-24-26-21(28)25-16-7-2-1-3-8-16/h1-13H,14H2,(H2,25,26,28)/b24-13+. The summed E-state index contributed by atoms with van der Waals surface area (Å²) in [6, 6.07) is 21.3. The average molecular weight is 414 g/mol. The SMILES string of the molecule is Fc1cccc(Cl)c1COc1cccc(/C=N/NC(=S)Nc2ccccc2)c1. The number of anilines is 1. The molecule has 0 unspecified atom stereocenters. The third-order valence-corrected chi connectivity index (χ3v) is 4.26. The Hall–Kier alpha value is -2.96. The number of benzene rings is 3. The third-order valence-electron chi connectivity index (χ3n) is 3.71. The van der Waals surface area contributed by atoms with E-state index in [1.165, 1.54) is 6.07 Å². The minimum atomic E-state index is -0.395. The molecule has 3 aromatic rings. The molecule has 0 aliphatic heterocycles. The summed E-state index contributed by atoms with van der Waals surface area (Å²) in [5, 5.41) is 7.85. The number of rotatable bonds is 6. The van der Waals surface area contributed by atoms with E-state index in [0.29, 0.717) is 21.4 Å². The van der Waals surface area contributed by atoms with Crippen molar-refractivity contribution in [3.63, 3.8) is 0 Å². The number of hydrazone groups is 1.